The maximum absolute atomic E-state index is 12.9. The molecule has 186 valence electrons. The Morgan fingerprint density at radius 1 is 1.12 bits per heavy atom. The number of sulfonamides is 1. The van der Waals surface area contributed by atoms with Crippen molar-refractivity contribution in [1.29, 1.82) is 0 Å². The molecular weight excluding hydrogens is 450 g/mol. The van der Waals surface area contributed by atoms with Crippen LogP contribution in [0.3, 0.4) is 0 Å². The molecule has 3 rings (SSSR count). The van der Waals surface area contributed by atoms with Gasteiger partial charge in [0, 0.05) is 25.8 Å². The van der Waals surface area contributed by atoms with Crippen LogP contribution in [0.5, 0.6) is 5.75 Å². The minimum absolute atomic E-state index is 0.147. The van der Waals surface area contributed by atoms with Crippen LogP contribution in [0.2, 0.25) is 0 Å². The Morgan fingerprint density at radius 2 is 1.71 bits per heavy atom. The molecule has 1 N–H and O–H groups in total. The van der Waals surface area contributed by atoms with E-state index in [0.717, 1.165) is 30.8 Å². The lowest BCUT2D eigenvalue weighted by atomic mass is 9.98. The van der Waals surface area contributed by atoms with Crippen molar-refractivity contribution in [2.45, 2.75) is 52.2 Å². The summed E-state index contributed by atoms with van der Waals surface area (Å²) >= 11 is 0. The van der Waals surface area contributed by atoms with Crippen molar-refractivity contribution in [2.75, 3.05) is 35.6 Å². The van der Waals surface area contributed by atoms with Gasteiger partial charge in [0.1, 0.15) is 5.75 Å². The van der Waals surface area contributed by atoms with Crippen molar-refractivity contribution in [2.24, 2.45) is 5.92 Å². The van der Waals surface area contributed by atoms with E-state index >= 15 is 0 Å². The second kappa shape index (κ2) is 11.1. The summed E-state index contributed by atoms with van der Waals surface area (Å²) in [6, 6.07) is 15.0. The summed E-state index contributed by atoms with van der Waals surface area (Å²) in [7, 11) is -1.84. The number of amides is 1. The zero-order valence-electron chi connectivity index (χ0n) is 20.8. The lowest BCUT2D eigenvalue weighted by Crippen LogP contribution is -2.39. The number of carbonyl (C=O) groups is 1. The SMILES string of the molecule is CC[C@@H](Oc1ccc(N(C)S(C)(=O)=O)cc1)C(=O)N[C@H](C)c1ccc(N2CCC(C)CC2)cc1. The first-order chi connectivity index (χ1) is 16.1. The Bertz CT molecular complexity index is 1050. The minimum atomic E-state index is -3.34. The number of hydrogen-bond acceptors (Lipinski definition) is 5. The summed E-state index contributed by atoms with van der Waals surface area (Å²) in [5, 5.41) is 3.06. The van der Waals surface area contributed by atoms with Crippen LogP contribution in [0, 0.1) is 5.92 Å². The molecular formula is C26H37N3O4S. The summed E-state index contributed by atoms with van der Waals surface area (Å²) in [5.41, 5.74) is 2.81. The summed E-state index contributed by atoms with van der Waals surface area (Å²) < 4.78 is 30.5. The highest BCUT2D eigenvalue weighted by molar-refractivity contribution is 7.92. The van der Waals surface area contributed by atoms with E-state index in [1.165, 1.54) is 29.9 Å². The molecule has 0 aliphatic carbocycles. The average Bonchev–Trinajstić information content (AvgIpc) is 2.82. The van der Waals surface area contributed by atoms with E-state index in [1.807, 2.05) is 13.8 Å². The standard InChI is InChI=1S/C26H37N3O4S/c1-6-25(33-24-13-11-22(12-14-24)28(4)34(5,31)32)26(30)27-20(3)21-7-9-23(10-8-21)29-17-15-19(2)16-18-29/h7-14,19-20,25H,6,15-18H2,1-5H3,(H,27,30)/t20-,25-/m1/s1. The number of rotatable bonds is 9. The van der Waals surface area contributed by atoms with E-state index in [-0.39, 0.29) is 11.9 Å². The number of hydrogen-bond donors (Lipinski definition) is 1. The van der Waals surface area contributed by atoms with E-state index in [2.05, 4.69) is 41.4 Å². The van der Waals surface area contributed by atoms with Crippen LogP contribution in [0.25, 0.3) is 0 Å². The fourth-order valence-electron chi connectivity index (χ4n) is 4.04. The molecule has 34 heavy (non-hydrogen) atoms. The van der Waals surface area contributed by atoms with Gasteiger partial charge in [-0.3, -0.25) is 9.10 Å². The molecule has 2 aromatic carbocycles. The van der Waals surface area contributed by atoms with Gasteiger partial charge in [-0.1, -0.05) is 26.0 Å². The highest BCUT2D eigenvalue weighted by atomic mass is 32.2. The molecule has 0 saturated carbocycles. The Kier molecular flexibility index (Phi) is 8.47. The molecule has 8 heteroatoms. The first kappa shape index (κ1) is 25.9. The van der Waals surface area contributed by atoms with Gasteiger partial charge >= 0.3 is 0 Å². The van der Waals surface area contributed by atoms with Gasteiger partial charge in [0.25, 0.3) is 5.91 Å². The topological polar surface area (TPSA) is 78.9 Å². The fourth-order valence-corrected chi connectivity index (χ4v) is 4.55. The van der Waals surface area contributed by atoms with Crippen LogP contribution in [-0.4, -0.2) is 46.8 Å². The Morgan fingerprint density at radius 3 is 2.24 bits per heavy atom. The number of carbonyl (C=O) groups excluding carboxylic acids is 1. The Balaban J connectivity index is 1.58. The predicted molar refractivity (Wildman–Crippen MR) is 138 cm³/mol. The van der Waals surface area contributed by atoms with E-state index in [1.54, 1.807) is 24.3 Å². The normalized spacial score (nSPS) is 16.6. The van der Waals surface area contributed by atoms with E-state index < -0.39 is 16.1 Å². The molecule has 1 aliphatic rings. The third-order valence-corrected chi connectivity index (χ3v) is 7.75. The van der Waals surface area contributed by atoms with Gasteiger partial charge in [-0.2, -0.15) is 0 Å². The number of nitrogens with zero attached hydrogens (tertiary/aromatic N) is 2. The average molecular weight is 488 g/mol. The number of piperidine rings is 1. The van der Waals surface area contributed by atoms with Crippen LogP contribution in [0.1, 0.15) is 51.6 Å². The van der Waals surface area contributed by atoms with E-state index in [4.69, 9.17) is 4.74 Å². The summed E-state index contributed by atoms with van der Waals surface area (Å²) in [4.78, 5) is 15.3. The van der Waals surface area contributed by atoms with Crippen molar-refractivity contribution in [3.05, 3.63) is 54.1 Å². The molecule has 1 heterocycles. The maximum Gasteiger partial charge on any atom is 0.261 e. The zero-order valence-corrected chi connectivity index (χ0v) is 21.6. The molecule has 2 atom stereocenters. The Hall–Kier alpha value is -2.74. The number of benzene rings is 2. The first-order valence-electron chi connectivity index (χ1n) is 11.9. The number of nitrogens with one attached hydrogen (secondary N) is 1. The molecule has 0 bridgehead atoms. The van der Waals surface area contributed by atoms with Crippen molar-refractivity contribution in [3.63, 3.8) is 0 Å². The van der Waals surface area contributed by atoms with Crippen LogP contribution >= 0.6 is 0 Å². The highest BCUT2D eigenvalue weighted by Crippen LogP contribution is 2.25. The van der Waals surface area contributed by atoms with Crippen LogP contribution in [-0.2, 0) is 14.8 Å². The van der Waals surface area contributed by atoms with Gasteiger partial charge < -0.3 is 15.0 Å². The van der Waals surface area contributed by atoms with Crippen molar-refractivity contribution < 1.29 is 17.9 Å². The van der Waals surface area contributed by atoms with E-state index in [9.17, 15) is 13.2 Å². The third kappa shape index (κ3) is 6.65. The van der Waals surface area contributed by atoms with Crippen LogP contribution < -0.4 is 19.3 Å². The molecule has 0 unspecified atom stereocenters. The molecule has 1 fully saturated rings. The quantitative estimate of drug-likeness (QED) is 0.569. The smallest absolute Gasteiger partial charge is 0.261 e. The highest BCUT2D eigenvalue weighted by Gasteiger charge is 2.22. The first-order valence-corrected chi connectivity index (χ1v) is 13.8. The molecule has 0 spiro atoms. The summed E-state index contributed by atoms with van der Waals surface area (Å²) in [5.74, 6) is 1.13. The lowest BCUT2D eigenvalue weighted by molar-refractivity contribution is -0.128. The Labute approximate surface area is 204 Å². The zero-order chi connectivity index (χ0) is 24.9. The molecule has 1 saturated heterocycles. The molecule has 7 nitrogen and oxygen atoms in total. The number of anilines is 2. The molecule has 0 aromatic heterocycles. The fraction of sp³-hybridized carbons (Fsp3) is 0.500. The van der Waals surface area contributed by atoms with Crippen LogP contribution in [0.4, 0.5) is 11.4 Å². The maximum atomic E-state index is 12.9. The summed E-state index contributed by atoms with van der Waals surface area (Å²) in [6.45, 7) is 8.36. The molecule has 1 amide bonds. The van der Waals surface area contributed by atoms with Gasteiger partial charge in [-0.25, -0.2) is 8.42 Å². The molecule has 0 radical (unpaired) electrons. The van der Waals surface area contributed by atoms with Crippen molar-refractivity contribution in [1.82, 2.24) is 5.32 Å². The molecule has 2 aromatic rings. The lowest BCUT2D eigenvalue weighted by Gasteiger charge is -2.32. The second-order valence-corrected chi connectivity index (χ2v) is 11.2. The van der Waals surface area contributed by atoms with Crippen LogP contribution in [0.15, 0.2) is 48.5 Å². The predicted octanol–water partition coefficient (Wildman–Crippen LogP) is 4.35. The van der Waals surface area contributed by atoms with Gasteiger partial charge in [-0.05, 0) is 74.1 Å². The largest absolute Gasteiger partial charge is 0.481 e. The van der Waals surface area contributed by atoms with Gasteiger partial charge in [0.15, 0.2) is 6.10 Å². The van der Waals surface area contributed by atoms with Crippen molar-refractivity contribution in [3.8, 4) is 5.75 Å². The third-order valence-electron chi connectivity index (χ3n) is 6.54. The van der Waals surface area contributed by atoms with Gasteiger partial charge in [0.05, 0.1) is 18.0 Å². The monoisotopic (exact) mass is 487 g/mol. The van der Waals surface area contributed by atoms with Gasteiger partial charge in [-0.15, -0.1) is 0 Å². The second-order valence-electron chi connectivity index (χ2n) is 9.23. The van der Waals surface area contributed by atoms with Crippen molar-refractivity contribution >= 4 is 27.3 Å². The summed E-state index contributed by atoms with van der Waals surface area (Å²) in [6.07, 6.45) is 3.47. The molecule has 1 aliphatic heterocycles. The van der Waals surface area contributed by atoms with E-state index in [0.29, 0.717) is 17.9 Å². The number of ether oxygens (including phenoxy) is 1. The minimum Gasteiger partial charge on any atom is -0.481 e. The van der Waals surface area contributed by atoms with Gasteiger partial charge in [0.2, 0.25) is 10.0 Å².